The van der Waals surface area contributed by atoms with E-state index in [1.165, 1.54) is 0 Å². The van der Waals surface area contributed by atoms with Gasteiger partial charge in [0.15, 0.2) is 0 Å². The molecule has 1 fully saturated rings. The number of benzene rings is 1. The topological polar surface area (TPSA) is 71.4 Å². The van der Waals surface area contributed by atoms with Crippen molar-refractivity contribution >= 4 is 22.4 Å². The lowest BCUT2D eigenvalue weighted by molar-refractivity contribution is 0.120. The van der Waals surface area contributed by atoms with Crippen molar-refractivity contribution in [2.75, 3.05) is 18.5 Å². The SMILES string of the molecule is Cc1ccc2[nH]c(=O)c(-c3nc4c(C)cccn4c3NC[C@@H]3CCCO3)cc2c1. The molecule has 2 N–H and O–H groups in total. The lowest BCUT2D eigenvalue weighted by atomic mass is 10.1. The summed E-state index contributed by atoms with van der Waals surface area (Å²) in [6.07, 6.45) is 4.31. The number of ether oxygens (including phenoxy) is 1. The van der Waals surface area contributed by atoms with Gasteiger partial charge in [-0.25, -0.2) is 4.98 Å². The van der Waals surface area contributed by atoms with Crippen LogP contribution in [0.3, 0.4) is 0 Å². The van der Waals surface area contributed by atoms with E-state index in [0.717, 1.165) is 52.9 Å². The van der Waals surface area contributed by atoms with Crippen molar-refractivity contribution in [3.05, 3.63) is 64.1 Å². The van der Waals surface area contributed by atoms with Crippen LogP contribution in [-0.4, -0.2) is 33.6 Å². The van der Waals surface area contributed by atoms with Crippen LogP contribution in [0.25, 0.3) is 27.8 Å². The standard InChI is InChI=1S/C23H24N4O2/c1-14-7-8-19-16(11-14)12-18(23(28)25-19)20-22(24-13-17-6-4-10-29-17)27-9-3-5-15(2)21(27)26-20/h3,5,7-9,11-12,17,24H,4,6,10,13H2,1-2H3,(H,25,28)/t17-/m0/s1. The van der Waals surface area contributed by atoms with Crippen LogP contribution in [-0.2, 0) is 4.74 Å². The zero-order valence-electron chi connectivity index (χ0n) is 16.7. The molecule has 3 aromatic heterocycles. The number of hydrogen-bond acceptors (Lipinski definition) is 4. The van der Waals surface area contributed by atoms with Crippen LogP contribution in [0.1, 0.15) is 24.0 Å². The van der Waals surface area contributed by atoms with Gasteiger partial charge in [-0.2, -0.15) is 0 Å². The second-order valence-electron chi connectivity index (χ2n) is 7.81. The minimum Gasteiger partial charge on any atom is -0.376 e. The first-order chi connectivity index (χ1) is 14.1. The van der Waals surface area contributed by atoms with Gasteiger partial charge in [0.1, 0.15) is 17.2 Å². The van der Waals surface area contributed by atoms with Gasteiger partial charge in [0.05, 0.1) is 11.7 Å². The molecule has 0 unspecified atom stereocenters. The predicted octanol–water partition coefficient (Wildman–Crippen LogP) is 4.05. The number of aryl methyl sites for hydroxylation is 2. The van der Waals surface area contributed by atoms with Crippen LogP contribution >= 0.6 is 0 Å². The van der Waals surface area contributed by atoms with Gasteiger partial charge in [-0.05, 0) is 61.9 Å². The summed E-state index contributed by atoms with van der Waals surface area (Å²) < 4.78 is 7.79. The van der Waals surface area contributed by atoms with Crippen LogP contribution in [0.15, 0.2) is 47.4 Å². The molecule has 4 heterocycles. The number of rotatable bonds is 4. The maximum absolute atomic E-state index is 12.9. The number of aromatic amines is 1. The van der Waals surface area contributed by atoms with E-state index in [0.29, 0.717) is 17.8 Å². The van der Waals surface area contributed by atoms with Crippen LogP contribution < -0.4 is 10.9 Å². The van der Waals surface area contributed by atoms with E-state index in [4.69, 9.17) is 9.72 Å². The fourth-order valence-corrected chi connectivity index (χ4v) is 4.08. The van der Waals surface area contributed by atoms with Crippen molar-refractivity contribution in [2.24, 2.45) is 0 Å². The Hall–Kier alpha value is -3.12. The number of aromatic nitrogens is 3. The lowest BCUT2D eigenvalue weighted by Crippen LogP contribution is -2.20. The summed E-state index contributed by atoms with van der Waals surface area (Å²) in [5, 5.41) is 4.51. The highest BCUT2D eigenvalue weighted by Crippen LogP contribution is 2.30. The zero-order valence-corrected chi connectivity index (χ0v) is 16.7. The molecule has 0 aliphatic carbocycles. The molecule has 1 saturated heterocycles. The highest BCUT2D eigenvalue weighted by Gasteiger charge is 2.21. The van der Waals surface area contributed by atoms with Crippen LogP contribution in [0.2, 0.25) is 0 Å². The molecule has 29 heavy (non-hydrogen) atoms. The van der Waals surface area contributed by atoms with Crippen molar-refractivity contribution in [1.29, 1.82) is 0 Å². The maximum Gasteiger partial charge on any atom is 0.258 e. The van der Waals surface area contributed by atoms with Crippen molar-refractivity contribution < 1.29 is 4.74 Å². The summed E-state index contributed by atoms with van der Waals surface area (Å²) in [5.41, 5.74) is 5.00. The molecule has 0 saturated carbocycles. The molecular weight excluding hydrogens is 364 g/mol. The fraction of sp³-hybridized carbons (Fsp3) is 0.304. The highest BCUT2D eigenvalue weighted by molar-refractivity contribution is 5.86. The molecule has 6 heteroatoms. The zero-order chi connectivity index (χ0) is 20.0. The number of hydrogen-bond donors (Lipinski definition) is 2. The second kappa shape index (κ2) is 7.04. The van der Waals surface area contributed by atoms with Crippen molar-refractivity contribution in [2.45, 2.75) is 32.8 Å². The third-order valence-corrected chi connectivity index (χ3v) is 5.62. The number of fused-ring (bicyclic) bond motifs is 2. The van der Waals surface area contributed by atoms with Crippen LogP contribution in [0.5, 0.6) is 0 Å². The van der Waals surface area contributed by atoms with Gasteiger partial charge in [0.25, 0.3) is 5.56 Å². The third-order valence-electron chi connectivity index (χ3n) is 5.62. The maximum atomic E-state index is 12.9. The predicted molar refractivity (Wildman–Crippen MR) is 116 cm³/mol. The Morgan fingerprint density at radius 1 is 1.28 bits per heavy atom. The van der Waals surface area contributed by atoms with Gasteiger partial charge in [-0.1, -0.05) is 17.7 Å². The average molecular weight is 388 g/mol. The molecule has 148 valence electrons. The fourth-order valence-electron chi connectivity index (χ4n) is 4.08. The lowest BCUT2D eigenvalue weighted by Gasteiger charge is -2.13. The smallest absolute Gasteiger partial charge is 0.258 e. The summed E-state index contributed by atoms with van der Waals surface area (Å²) >= 11 is 0. The minimum absolute atomic E-state index is 0.137. The number of nitrogens with one attached hydrogen (secondary N) is 2. The Morgan fingerprint density at radius 2 is 2.17 bits per heavy atom. The summed E-state index contributed by atoms with van der Waals surface area (Å²) in [6.45, 7) is 5.59. The second-order valence-corrected chi connectivity index (χ2v) is 7.81. The summed E-state index contributed by atoms with van der Waals surface area (Å²) in [7, 11) is 0. The Labute approximate surface area is 168 Å². The summed E-state index contributed by atoms with van der Waals surface area (Å²) in [6, 6.07) is 12.0. The Kier molecular flexibility index (Phi) is 4.36. The molecule has 1 atom stereocenters. The van der Waals surface area contributed by atoms with E-state index in [-0.39, 0.29) is 11.7 Å². The molecule has 0 bridgehead atoms. The number of pyridine rings is 2. The average Bonchev–Trinajstić information content (AvgIpc) is 3.34. The molecule has 4 aromatic rings. The molecule has 0 amide bonds. The van der Waals surface area contributed by atoms with E-state index < -0.39 is 0 Å². The molecule has 1 aliphatic rings. The van der Waals surface area contributed by atoms with E-state index in [1.54, 1.807) is 0 Å². The van der Waals surface area contributed by atoms with Gasteiger partial charge in [-0.15, -0.1) is 0 Å². The van der Waals surface area contributed by atoms with Gasteiger partial charge < -0.3 is 15.0 Å². The first kappa shape index (κ1) is 17.9. The molecule has 5 rings (SSSR count). The van der Waals surface area contributed by atoms with Crippen LogP contribution in [0, 0.1) is 13.8 Å². The molecule has 0 spiro atoms. The molecule has 0 radical (unpaired) electrons. The van der Waals surface area contributed by atoms with E-state index in [2.05, 4.69) is 16.4 Å². The number of imidazole rings is 1. The van der Waals surface area contributed by atoms with Gasteiger partial charge in [0.2, 0.25) is 0 Å². The number of anilines is 1. The monoisotopic (exact) mass is 388 g/mol. The first-order valence-corrected chi connectivity index (χ1v) is 10.1. The van der Waals surface area contributed by atoms with Crippen molar-refractivity contribution in [1.82, 2.24) is 14.4 Å². The van der Waals surface area contributed by atoms with E-state index >= 15 is 0 Å². The Morgan fingerprint density at radius 3 is 3.00 bits per heavy atom. The molecule has 1 aromatic carbocycles. The van der Waals surface area contributed by atoms with Crippen molar-refractivity contribution in [3.63, 3.8) is 0 Å². The van der Waals surface area contributed by atoms with Crippen molar-refractivity contribution in [3.8, 4) is 11.3 Å². The largest absolute Gasteiger partial charge is 0.376 e. The van der Waals surface area contributed by atoms with Gasteiger partial charge in [-0.3, -0.25) is 9.20 Å². The molecule has 6 nitrogen and oxygen atoms in total. The Bertz CT molecular complexity index is 1270. The number of H-pyrrole nitrogens is 1. The van der Waals surface area contributed by atoms with E-state index in [1.807, 2.05) is 54.8 Å². The third kappa shape index (κ3) is 3.19. The quantitative estimate of drug-likeness (QED) is 0.553. The van der Waals surface area contributed by atoms with Gasteiger partial charge >= 0.3 is 0 Å². The molecular formula is C23H24N4O2. The van der Waals surface area contributed by atoms with Crippen LogP contribution in [0.4, 0.5) is 5.82 Å². The van der Waals surface area contributed by atoms with Gasteiger partial charge in [0, 0.05) is 24.9 Å². The Balaban J connectivity index is 1.68. The summed E-state index contributed by atoms with van der Waals surface area (Å²) in [5.74, 6) is 0.830. The number of nitrogens with zero attached hydrogens (tertiary/aromatic N) is 2. The minimum atomic E-state index is -0.137. The highest BCUT2D eigenvalue weighted by atomic mass is 16.5. The summed E-state index contributed by atoms with van der Waals surface area (Å²) in [4.78, 5) is 20.8. The van der Waals surface area contributed by atoms with E-state index in [9.17, 15) is 4.79 Å². The normalized spacial score (nSPS) is 16.7. The first-order valence-electron chi connectivity index (χ1n) is 10.1. The molecule has 1 aliphatic heterocycles.